The molecule has 24 heavy (non-hydrogen) atoms. The number of hydrogen-bond acceptors (Lipinski definition) is 5. The van der Waals surface area contributed by atoms with Gasteiger partial charge in [0.15, 0.2) is 0 Å². The number of carbonyl (C=O) groups excluding carboxylic acids is 1. The standard InChI is InChI=1S/C17H23ClN4O2/c1-17-8-12(19-13(17)9-17)16(23)21-15-11(2-3-14(18)20-15)10-22-4-6-24-7-5-22/h2-3,12-13,19H,4-10H2,1H3,(H,20,21,23)/t12-,13?,17-/m0/s1. The van der Waals surface area contributed by atoms with Crippen molar-refractivity contribution in [1.29, 1.82) is 0 Å². The molecule has 1 amide bonds. The van der Waals surface area contributed by atoms with Crippen LogP contribution >= 0.6 is 11.6 Å². The Hall–Kier alpha value is -1.21. The van der Waals surface area contributed by atoms with E-state index in [0.29, 0.717) is 22.4 Å². The Morgan fingerprint density at radius 3 is 2.96 bits per heavy atom. The fourth-order valence-electron chi connectivity index (χ4n) is 3.73. The maximum Gasteiger partial charge on any atom is 0.242 e. The van der Waals surface area contributed by atoms with Gasteiger partial charge in [0.1, 0.15) is 11.0 Å². The Labute approximate surface area is 146 Å². The first-order valence-corrected chi connectivity index (χ1v) is 8.94. The molecule has 2 saturated heterocycles. The number of fused-ring (bicyclic) bond motifs is 1. The summed E-state index contributed by atoms with van der Waals surface area (Å²) < 4.78 is 5.39. The highest BCUT2D eigenvalue weighted by molar-refractivity contribution is 6.29. The van der Waals surface area contributed by atoms with E-state index in [1.165, 1.54) is 6.42 Å². The number of nitrogens with zero attached hydrogens (tertiary/aromatic N) is 2. The molecule has 0 bridgehead atoms. The van der Waals surface area contributed by atoms with Crippen molar-refractivity contribution in [2.24, 2.45) is 5.41 Å². The molecule has 7 heteroatoms. The Kier molecular flexibility index (Phi) is 4.24. The number of carbonyl (C=O) groups is 1. The first-order valence-electron chi connectivity index (χ1n) is 8.56. The van der Waals surface area contributed by atoms with E-state index in [1.54, 1.807) is 6.07 Å². The number of piperidine rings is 1. The number of anilines is 1. The van der Waals surface area contributed by atoms with Crippen LogP contribution < -0.4 is 10.6 Å². The predicted octanol–water partition coefficient (Wildman–Crippen LogP) is 1.65. The monoisotopic (exact) mass is 350 g/mol. The van der Waals surface area contributed by atoms with E-state index in [2.05, 4.69) is 27.4 Å². The van der Waals surface area contributed by atoms with Gasteiger partial charge in [-0.2, -0.15) is 0 Å². The second-order valence-electron chi connectivity index (χ2n) is 7.35. The maximum absolute atomic E-state index is 12.6. The van der Waals surface area contributed by atoms with Crippen LogP contribution in [-0.2, 0) is 16.1 Å². The van der Waals surface area contributed by atoms with Crippen molar-refractivity contribution in [3.8, 4) is 0 Å². The van der Waals surface area contributed by atoms with E-state index in [-0.39, 0.29) is 11.9 Å². The normalized spacial score (nSPS) is 32.4. The molecule has 2 N–H and O–H groups in total. The third kappa shape index (κ3) is 3.28. The fraction of sp³-hybridized carbons (Fsp3) is 0.647. The maximum atomic E-state index is 12.6. The van der Waals surface area contributed by atoms with Gasteiger partial charge in [-0.1, -0.05) is 24.6 Å². The van der Waals surface area contributed by atoms with Crippen LogP contribution in [-0.4, -0.2) is 54.2 Å². The fourth-order valence-corrected chi connectivity index (χ4v) is 3.88. The molecule has 2 aliphatic heterocycles. The molecule has 0 aromatic carbocycles. The van der Waals surface area contributed by atoms with Crippen LogP contribution in [0.25, 0.3) is 0 Å². The Balaban J connectivity index is 1.45. The quantitative estimate of drug-likeness (QED) is 0.808. The minimum atomic E-state index is -0.134. The molecule has 1 aromatic heterocycles. The van der Waals surface area contributed by atoms with Crippen LogP contribution in [0.2, 0.25) is 5.15 Å². The highest BCUT2D eigenvalue weighted by atomic mass is 35.5. The zero-order valence-corrected chi connectivity index (χ0v) is 14.6. The van der Waals surface area contributed by atoms with Gasteiger partial charge in [-0.15, -0.1) is 0 Å². The van der Waals surface area contributed by atoms with Crippen molar-refractivity contribution in [3.05, 3.63) is 22.8 Å². The van der Waals surface area contributed by atoms with Crippen LogP contribution in [0.4, 0.5) is 5.82 Å². The van der Waals surface area contributed by atoms with Crippen molar-refractivity contribution in [2.75, 3.05) is 31.6 Å². The van der Waals surface area contributed by atoms with Crippen LogP contribution in [0.1, 0.15) is 25.3 Å². The number of halogens is 1. The molecular weight excluding hydrogens is 328 g/mol. The largest absolute Gasteiger partial charge is 0.379 e. The lowest BCUT2D eigenvalue weighted by Crippen LogP contribution is -2.39. The first-order chi connectivity index (χ1) is 11.5. The van der Waals surface area contributed by atoms with E-state index >= 15 is 0 Å². The molecule has 3 fully saturated rings. The summed E-state index contributed by atoms with van der Waals surface area (Å²) in [6.07, 6.45) is 2.07. The van der Waals surface area contributed by atoms with Gasteiger partial charge in [0, 0.05) is 31.2 Å². The van der Waals surface area contributed by atoms with E-state index < -0.39 is 0 Å². The van der Waals surface area contributed by atoms with Crippen molar-refractivity contribution >= 4 is 23.3 Å². The summed E-state index contributed by atoms with van der Waals surface area (Å²) in [6, 6.07) is 4.08. The number of ether oxygens (including phenoxy) is 1. The average Bonchev–Trinajstić information content (AvgIpc) is 3.08. The van der Waals surface area contributed by atoms with Crippen molar-refractivity contribution in [2.45, 2.75) is 38.4 Å². The van der Waals surface area contributed by atoms with Gasteiger partial charge in [0.2, 0.25) is 5.91 Å². The zero-order chi connectivity index (χ0) is 16.7. The summed E-state index contributed by atoms with van der Waals surface area (Å²) in [5.41, 5.74) is 1.30. The number of pyridine rings is 1. The smallest absolute Gasteiger partial charge is 0.242 e. The lowest BCUT2D eigenvalue weighted by Gasteiger charge is -2.27. The van der Waals surface area contributed by atoms with Gasteiger partial charge in [-0.25, -0.2) is 4.98 Å². The summed E-state index contributed by atoms with van der Waals surface area (Å²) >= 11 is 6.04. The summed E-state index contributed by atoms with van der Waals surface area (Å²) in [4.78, 5) is 19.2. The molecule has 1 saturated carbocycles. The lowest BCUT2D eigenvalue weighted by molar-refractivity contribution is -0.118. The van der Waals surface area contributed by atoms with Crippen molar-refractivity contribution in [3.63, 3.8) is 0 Å². The lowest BCUT2D eigenvalue weighted by atomic mass is 10.0. The van der Waals surface area contributed by atoms with E-state index in [9.17, 15) is 4.79 Å². The minimum Gasteiger partial charge on any atom is -0.379 e. The molecule has 3 aliphatic rings. The van der Waals surface area contributed by atoms with Crippen LogP contribution in [0.15, 0.2) is 12.1 Å². The Bertz CT molecular complexity index is 649. The topological polar surface area (TPSA) is 66.5 Å². The third-order valence-corrected chi connectivity index (χ3v) is 5.64. The number of nitrogens with one attached hydrogen (secondary N) is 2. The number of morpholine rings is 1. The third-order valence-electron chi connectivity index (χ3n) is 5.42. The molecule has 4 rings (SSSR count). The molecule has 1 aliphatic carbocycles. The van der Waals surface area contributed by atoms with Gasteiger partial charge >= 0.3 is 0 Å². The zero-order valence-electron chi connectivity index (χ0n) is 13.8. The van der Waals surface area contributed by atoms with Gasteiger partial charge in [-0.05, 0) is 24.3 Å². The van der Waals surface area contributed by atoms with E-state index in [1.807, 2.05) is 6.07 Å². The Morgan fingerprint density at radius 1 is 1.46 bits per heavy atom. The molecule has 3 atom stereocenters. The number of aromatic nitrogens is 1. The van der Waals surface area contributed by atoms with Crippen LogP contribution in [0.3, 0.4) is 0 Å². The average molecular weight is 351 g/mol. The highest BCUT2D eigenvalue weighted by Crippen LogP contribution is 2.53. The van der Waals surface area contributed by atoms with E-state index in [4.69, 9.17) is 16.3 Å². The Morgan fingerprint density at radius 2 is 2.25 bits per heavy atom. The molecule has 3 heterocycles. The highest BCUT2D eigenvalue weighted by Gasteiger charge is 2.58. The molecule has 0 radical (unpaired) electrons. The molecule has 1 aromatic rings. The summed E-state index contributed by atoms with van der Waals surface area (Å²) in [7, 11) is 0. The summed E-state index contributed by atoms with van der Waals surface area (Å²) in [5.74, 6) is 0.563. The molecule has 0 spiro atoms. The molecular formula is C17H23ClN4O2. The van der Waals surface area contributed by atoms with Gasteiger partial charge in [0.05, 0.1) is 19.3 Å². The summed E-state index contributed by atoms with van der Waals surface area (Å²) in [6.45, 7) is 6.24. The number of hydrogen-bond donors (Lipinski definition) is 2. The van der Waals surface area contributed by atoms with Crippen LogP contribution in [0, 0.1) is 5.41 Å². The van der Waals surface area contributed by atoms with Gasteiger partial charge < -0.3 is 15.4 Å². The molecule has 1 unspecified atom stereocenters. The predicted molar refractivity (Wildman–Crippen MR) is 92.0 cm³/mol. The number of rotatable bonds is 4. The van der Waals surface area contributed by atoms with Crippen molar-refractivity contribution < 1.29 is 9.53 Å². The van der Waals surface area contributed by atoms with E-state index in [0.717, 1.165) is 44.8 Å². The minimum absolute atomic E-state index is 0.0126. The molecule has 6 nitrogen and oxygen atoms in total. The second-order valence-corrected chi connectivity index (χ2v) is 7.74. The van der Waals surface area contributed by atoms with Crippen LogP contribution in [0.5, 0.6) is 0 Å². The SMILES string of the molecule is C[C@]12CC1N[C@H](C(=O)Nc1nc(Cl)ccc1CN1CCOCC1)C2. The van der Waals surface area contributed by atoms with Gasteiger partial charge in [-0.3, -0.25) is 9.69 Å². The second kappa shape index (κ2) is 6.26. The van der Waals surface area contributed by atoms with Gasteiger partial charge in [0.25, 0.3) is 0 Å². The molecule has 130 valence electrons. The number of amides is 1. The first kappa shape index (κ1) is 16.3. The summed E-state index contributed by atoms with van der Waals surface area (Å²) in [5, 5.41) is 6.78. The van der Waals surface area contributed by atoms with Crippen molar-refractivity contribution in [1.82, 2.24) is 15.2 Å².